The Morgan fingerprint density at radius 2 is 1.36 bits per heavy atom. The lowest BCUT2D eigenvalue weighted by molar-refractivity contribution is 0.103. The van der Waals surface area contributed by atoms with Gasteiger partial charge in [0.1, 0.15) is 11.5 Å². The van der Waals surface area contributed by atoms with Crippen molar-refractivity contribution in [3.05, 3.63) is 83.9 Å². The zero-order valence-corrected chi connectivity index (χ0v) is 11.7. The molecule has 2 N–H and O–H groups in total. The van der Waals surface area contributed by atoms with Crippen molar-refractivity contribution in [2.75, 3.05) is 0 Å². The van der Waals surface area contributed by atoms with Gasteiger partial charge in [0, 0.05) is 11.1 Å². The van der Waals surface area contributed by atoms with Crippen LogP contribution in [0, 0.1) is 0 Å². The van der Waals surface area contributed by atoms with Crippen LogP contribution in [0.2, 0.25) is 0 Å². The minimum Gasteiger partial charge on any atom is -0.508 e. The third kappa shape index (κ3) is 2.69. The van der Waals surface area contributed by atoms with Crippen molar-refractivity contribution in [2.24, 2.45) is 0 Å². The molecule has 0 aliphatic heterocycles. The molecule has 0 atom stereocenters. The summed E-state index contributed by atoms with van der Waals surface area (Å²) in [5.41, 5.74) is 2.55. The molecule has 0 heterocycles. The van der Waals surface area contributed by atoms with Crippen LogP contribution < -0.4 is 0 Å². The van der Waals surface area contributed by atoms with Crippen molar-refractivity contribution >= 4 is 5.78 Å². The van der Waals surface area contributed by atoms with Crippen molar-refractivity contribution in [3.8, 4) is 22.6 Å². The van der Waals surface area contributed by atoms with Crippen LogP contribution in [0.4, 0.5) is 0 Å². The van der Waals surface area contributed by atoms with E-state index in [2.05, 4.69) is 0 Å². The number of phenols is 2. The van der Waals surface area contributed by atoms with Crippen molar-refractivity contribution in [1.82, 2.24) is 0 Å². The van der Waals surface area contributed by atoms with E-state index in [-0.39, 0.29) is 17.3 Å². The maximum absolute atomic E-state index is 12.7. The Morgan fingerprint density at radius 1 is 0.727 bits per heavy atom. The molecule has 0 bridgehead atoms. The Labute approximate surface area is 128 Å². The lowest BCUT2D eigenvalue weighted by atomic mass is 9.93. The molecule has 0 aromatic heterocycles. The lowest BCUT2D eigenvalue weighted by Gasteiger charge is -2.10. The number of carbonyl (C=O) groups is 1. The summed E-state index contributed by atoms with van der Waals surface area (Å²) in [5.74, 6) is -0.0488. The smallest absolute Gasteiger partial charge is 0.193 e. The second-order valence-corrected chi connectivity index (χ2v) is 4.97. The molecule has 0 radical (unpaired) electrons. The predicted octanol–water partition coefficient (Wildman–Crippen LogP) is 4.00. The summed E-state index contributed by atoms with van der Waals surface area (Å²) in [5, 5.41) is 19.1. The molecule has 0 unspecified atom stereocenters. The van der Waals surface area contributed by atoms with Crippen LogP contribution in [0.25, 0.3) is 11.1 Å². The van der Waals surface area contributed by atoms with Gasteiger partial charge in [0.2, 0.25) is 0 Å². The minimum atomic E-state index is -0.199. The van der Waals surface area contributed by atoms with Gasteiger partial charge in [-0.15, -0.1) is 0 Å². The third-order valence-corrected chi connectivity index (χ3v) is 3.46. The number of hydrogen-bond acceptors (Lipinski definition) is 3. The van der Waals surface area contributed by atoms with Gasteiger partial charge in [-0.3, -0.25) is 4.79 Å². The van der Waals surface area contributed by atoms with Crippen molar-refractivity contribution < 1.29 is 15.0 Å². The van der Waals surface area contributed by atoms with Gasteiger partial charge in [0.25, 0.3) is 0 Å². The van der Waals surface area contributed by atoms with Crippen LogP contribution in [0.1, 0.15) is 15.9 Å². The number of phenolic OH excluding ortho intramolecular Hbond substituents is 2. The predicted molar refractivity (Wildman–Crippen MR) is 85.1 cm³/mol. The molecule has 3 rings (SSSR count). The van der Waals surface area contributed by atoms with E-state index in [1.54, 1.807) is 24.3 Å². The van der Waals surface area contributed by atoms with Crippen LogP contribution >= 0.6 is 0 Å². The highest BCUT2D eigenvalue weighted by atomic mass is 16.3. The quantitative estimate of drug-likeness (QED) is 0.717. The minimum absolute atomic E-state index is 0.0433. The van der Waals surface area contributed by atoms with E-state index in [4.69, 9.17) is 0 Å². The zero-order valence-electron chi connectivity index (χ0n) is 11.7. The van der Waals surface area contributed by atoms with E-state index in [0.29, 0.717) is 11.1 Å². The average Bonchev–Trinajstić information content (AvgIpc) is 2.55. The van der Waals surface area contributed by atoms with Crippen LogP contribution in [-0.2, 0) is 0 Å². The Balaban J connectivity index is 2.11. The van der Waals surface area contributed by atoms with E-state index < -0.39 is 0 Å². The summed E-state index contributed by atoms with van der Waals surface area (Å²) in [7, 11) is 0. The van der Waals surface area contributed by atoms with Gasteiger partial charge in [0.05, 0.1) is 0 Å². The Kier molecular flexibility index (Phi) is 3.62. The van der Waals surface area contributed by atoms with Crippen LogP contribution in [0.5, 0.6) is 11.5 Å². The highest BCUT2D eigenvalue weighted by Gasteiger charge is 2.15. The molecule has 0 aliphatic carbocycles. The van der Waals surface area contributed by atoms with Crippen LogP contribution in [-0.4, -0.2) is 16.0 Å². The fourth-order valence-electron chi connectivity index (χ4n) is 2.36. The summed E-state index contributed by atoms with van der Waals surface area (Å²) >= 11 is 0. The number of benzene rings is 3. The molecule has 0 spiro atoms. The molecular weight excluding hydrogens is 276 g/mol. The molecular formula is C19H14O3. The molecule has 0 saturated heterocycles. The summed E-state index contributed by atoms with van der Waals surface area (Å²) in [4.78, 5) is 12.7. The molecule has 22 heavy (non-hydrogen) atoms. The first-order chi connectivity index (χ1) is 10.6. The summed E-state index contributed by atoms with van der Waals surface area (Å²) in [6.45, 7) is 0. The standard InChI is InChI=1S/C19H14O3/c20-15-8-6-14(7-9-15)19(22)18-12-16(21)10-11-17(18)13-4-2-1-3-5-13/h1-12,20-21H. The molecule has 3 aromatic carbocycles. The largest absolute Gasteiger partial charge is 0.508 e. The molecule has 3 nitrogen and oxygen atoms in total. The second-order valence-electron chi connectivity index (χ2n) is 4.97. The second kappa shape index (κ2) is 5.74. The van der Waals surface area contributed by atoms with Crippen molar-refractivity contribution in [1.29, 1.82) is 0 Å². The van der Waals surface area contributed by atoms with E-state index >= 15 is 0 Å². The highest BCUT2D eigenvalue weighted by molar-refractivity contribution is 6.13. The fraction of sp³-hybridized carbons (Fsp3) is 0. The number of hydrogen-bond donors (Lipinski definition) is 2. The lowest BCUT2D eigenvalue weighted by Crippen LogP contribution is -2.03. The van der Waals surface area contributed by atoms with Gasteiger partial charge in [-0.05, 0) is 53.6 Å². The van der Waals surface area contributed by atoms with Gasteiger partial charge >= 0.3 is 0 Å². The van der Waals surface area contributed by atoms with E-state index in [1.165, 1.54) is 18.2 Å². The summed E-state index contributed by atoms with van der Waals surface area (Å²) in [6, 6.07) is 20.4. The number of rotatable bonds is 3. The maximum Gasteiger partial charge on any atom is 0.193 e. The SMILES string of the molecule is O=C(c1ccc(O)cc1)c1cc(O)ccc1-c1ccccc1. The Morgan fingerprint density at radius 3 is 2.05 bits per heavy atom. The molecule has 0 saturated carbocycles. The first-order valence-electron chi connectivity index (χ1n) is 6.87. The van der Waals surface area contributed by atoms with Crippen LogP contribution in [0.15, 0.2) is 72.8 Å². The average molecular weight is 290 g/mol. The first kappa shape index (κ1) is 13.9. The van der Waals surface area contributed by atoms with Gasteiger partial charge in [-0.1, -0.05) is 30.3 Å². The molecule has 3 aromatic rings. The third-order valence-electron chi connectivity index (χ3n) is 3.46. The first-order valence-corrected chi connectivity index (χ1v) is 6.87. The van der Waals surface area contributed by atoms with E-state index in [9.17, 15) is 15.0 Å². The topological polar surface area (TPSA) is 57.5 Å². The Bertz CT molecular complexity index is 806. The molecule has 108 valence electrons. The van der Waals surface area contributed by atoms with E-state index in [1.807, 2.05) is 30.3 Å². The number of carbonyl (C=O) groups excluding carboxylic acids is 1. The summed E-state index contributed by atoms with van der Waals surface area (Å²) in [6.07, 6.45) is 0. The monoisotopic (exact) mass is 290 g/mol. The van der Waals surface area contributed by atoms with Crippen LogP contribution in [0.3, 0.4) is 0 Å². The normalized spacial score (nSPS) is 10.4. The molecule has 0 aliphatic rings. The van der Waals surface area contributed by atoms with Gasteiger partial charge in [-0.2, -0.15) is 0 Å². The Hall–Kier alpha value is -3.07. The maximum atomic E-state index is 12.7. The molecule has 0 amide bonds. The van der Waals surface area contributed by atoms with Crippen molar-refractivity contribution in [3.63, 3.8) is 0 Å². The van der Waals surface area contributed by atoms with Gasteiger partial charge in [0.15, 0.2) is 5.78 Å². The molecule has 0 fully saturated rings. The van der Waals surface area contributed by atoms with Gasteiger partial charge < -0.3 is 10.2 Å². The highest BCUT2D eigenvalue weighted by Crippen LogP contribution is 2.29. The van der Waals surface area contributed by atoms with E-state index in [0.717, 1.165) is 11.1 Å². The number of aromatic hydroxyl groups is 2. The van der Waals surface area contributed by atoms with Crippen molar-refractivity contribution in [2.45, 2.75) is 0 Å². The fourth-order valence-corrected chi connectivity index (χ4v) is 2.36. The summed E-state index contributed by atoms with van der Waals surface area (Å²) < 4.78 is 0. The number of ketones is 1. The zero-order chi connectivity index (χ0) is 15.5. The van der Waals surface area contributed by atoms with Gasteiger partial charge in [-0.25, -0.2) is 0 Å². The molecule has 3 heteroatoms.